The van der Waals surface area contributed by atoms with Crippen LogP contribution in [0.5, 0.6) is 0 Å². The SMILES string of the molecule is CC(Sc1nnnn1C(C)C)C(=O)NCc1ccc(F)cc1. The Morgan fingerprint density at radius 1 is 1.32 bits per heavy atom. The van der Waals surface area contributed by atoms with Crippen LogP contribution in [0.25, 0.3) is 0 Å². The molecule has 0 radical (unpaired) electrons. The highest BCUT2D eigenvalue weighted by Gasteiger charge is 2.19. The highest BCUT2D eigenvalue weighted by atomic mass is 32.2. The Labute approximate surface area is 132 Å². The number of carbonyl (C=O) groups excluding carboxylic acids is 1. The minimum Gasteiger partial charge on any atom is -0.351 e. The second kappa shape index (κ2) is 7.35. The Kier molecular flexibility index (Phi) is 5.48. The van der Waals surface area contributed by atoms with Gasteiger partial charge in [-0.2, -0.15) is 0 Å². The van der Waals surface area contributed by atoms with E-state index in [1.807, 2.05) is 13.8 Å². The number of benzene rings is 1. The summed E-state index contributed by atoms with van der Waals surface area (Å²) in [6.07, 6.45) is 0. The molecule has 0 saturated heterocycles. The van der Waals surface area contributed by atoms with Gasteiger partial charge in [-0.1, -0.05) is 23.9 Å². The molecule has 0 spiro atoms. The van der Waals surface area contributed by atoms with E-state index in [1.165, 1.54) is 23.9 Å². The molecule has 1 aromatic carbocycles. The zero-order valence-electron chi connectivity index (χ0n) is 12.7. The van der Waals surface area contributed by atoms with E-state index in [2.05, 4.69) is 20.8 Å². The van der Waals surface area contributed by atoms with Crippen LogP contribution < -0.4 is 5.32 Å². The first-order chi connectivity index (χ1) is 10.5. The van der Waals surface area contributed by atoms with Gasteiger partial charge in [0.15, 0.2) is 0 Å². The number of hydrogen-bond acceptors (Lipinski definition) is 5. The van der Waals surface area contributed by atoms with Crippen LogP contribution in [0.1, 0.15) is 32.4 Å². The van der Waals surface area contributed by atoms with Crippen LogP contribution in [-0.4, -0.2) is 31.4 Å². The first kappa shape index (κ1) is 16.4. The van der Waals surface area contributed by atoms with Gasteiger partial charge >= 0.3 is 0 Å². The summed E-state index contributed by atoms with van der Waals surface area (Å²) in [4.78, 5) is 12.1. The molecule has 22 heavy (non-hydrogen) atoms. The summed E-state index contributed by atoms with van der Waals surface area (Å²) in [5.74, 6) is -0.410. The summed E-state index contributed by atoms with van der Waals surface area (Å²) in [5, 5.41) is 14.6. The molecule has 0 saturated carbocycles. The molecule has 0 fully saturated rings. The minimum absolute atomic E-state index is 0.118. The Hall–Kier alpha value is -1.96. The fourth-order valence-corrected chi connectivity index (χ4v) is 2.68. The van der Waals surface area contributed by atoms with Crippen molar-refractivity contribution in [3.63, 3.8) is 0 Å². The van der Waals surface area contributed by atoms with Crippen molar-refractivity contribution in [3.05, 3.63) is 35.6 Å². The number of halogens is 1. The van der Waals surface area contributed by atoms with E-state index in [-0.39, 0.29) is 23.0 Å². The number of nitrogens with one attached hydrogen (secondary N) is 1. The Bertz CT molecular complexity index is 628. The molecule has 0 bridgehead atoms. The molecule has 118 valence electrons. The van der Waals surface area contributed by atoms with Crippen LogP contribution in [0.15, 0.2) is 29.4 Å². The number of nitrogens with zero attached hydrogens (tertiary/aromatic N) is 4. The molecule has 1 N–H and O–H groups in total. The molecule has 2 aromatic rings. The van der Waals surface area contributed by atoms with Gasteiger partial charge < -0.3 is 5.32 Å². The van der Waals surface area contributed by atoms with Crippen molar-refractivity contribution >= 4 is 17.7 Å². The summed E-state index contributed by atoms with van der Waals surface area (Å²) in [6.45, 7) is 6.10. The van der Waals surface area contributed by atoms with E-state index in [0.717, 1.165) is 5.56 Å². The van der Waals surface area contributed by atoms with Crippen molar-refractivity contribution in [1.82, 2.24) is 25.5 Å². The first-order valence-electron chi connectivity index (χ1n) is 6.94. The summed E-state index contributed by atoms with van der Waals surface area (Å²) < 4.78 is 14.5. The number of thioether (sulfide) groups is 1. The largest absolute Gasteiger partial charge is 0.351 e. The van der Waals surface area contributed by atoms with E-state index in [1.54, 1.807) is 23.7 Å². The lowest BCUT2D eigenvalue weighted by Crippen LogP contribution is -2.30. The molecule has 0 aliphatic heterocycles. The summed E-state index contributed by atoms with van der Waals surface area (Å²) in [5.41, 5.74) is 0.846. The van der Waals surface area contributed by atoms with Crippen LogP contribution in [0, 0.1) is 5.82 Å². The fraction of sp³-hybridized carbons (Fsp3) is 0.429. The van der Waals surface area contributed by atoms with Gasteiger partial charge in [0.1, 0.15) is 5.82 Å². The second-order valence-corrected chi connectivity index (χ2v) is 6.41. The maximum Gasteiger partial charge on any atom is 0.233 e. The van der Waals surface area contributed by atoms with Crippen LogP contribution in [-0.2, 0) is 11.3 Å². The lowest BCUT2D eigenvalue weighted by atomic mass is 10.2. The lowest BCUT2D eigenvalue weighted by Gasteiger charge is -2.12. The normalized spacial score (nSPS) is 12.4. The average molecular weight is 323 g/mol. The summed E-state index contributed by atoms with van der Waals surface area (Å²) >= 11 is 1.31. The molecule has 0 aliphatic carbocycles. The van der Waals surface area contributed by atoms with E-state index in [0.29, 0.717) is 11.7 Å². The summed E-state index contributed by atoms with van der Waals surface area (Å²) in [6, 6.07) is 6.17. The summed E-state index contributed by atoms with van der Waals surface area (Å²) in [7, 11) is 0. The van der Waals surface area contributed by atoms with Crippen molar-refractivity contribution in [2.24, 2.45) is 0 Å². The highest BCUT2D eigenvalue weighted by Crippen LogP contribution is 2.22. The maximum atomic E-state index is 12.8. The first-order valence-corrected chi connectivity index (χ1v) is 7.82. The van der Waals surface area contributed by atoms with Crippen molar-refractivity contribution in [2.75, 3.05) is 0 Å². The molecule has 1 amide bonds. The molecule has 1 atom stereocenters. The van der Waals surface area contributed by atoms with Gasteiger partial charge in [-0.3, -0.25) is 4.79 Å². The topological polar surface area (TPSA) is 72.7 Å². The molecular weight excluding hydrogens is 305 g/mol. The third-order valence-electron chi connectivity index (χ3n) is 2.98. The standard InChI is InChI=1S/C14H18FN5OS/c1-9(2)20-14(17-18-19-20)22-10(3)13(21)16-8-11-4-6-12(15)7-5-11/h4-7,9-10H,8H2,1-3H3,(H,16,21). The Morgan fingerprint density at radius 3 is 2.64 bits per heavy atom. The number of hydrogen-bond donors (Lipinski definition) is 1. The molecule has 0 aliphatic rings. The zero-order valence-corrected chi connectivity index (χ0v) is 13.5. The van der Waals surface area contributed by atoms with E-state index < -0.39 is 0 Å². The zero-order chi connectivity index (χ0) is 16.1. The average Bonchev–Trinajstić information content (AvgIpc) is 2.94. The maximum absolute atomic E-state index is 12.8. The van der Waals surface area contributed by atoms with Gasteiger partial charge in [0.05, 0.1) is 11.3 Å². The van der Waals surface area contributed by atoms with Gasteiger partial charge in [-0.25, -0.2) is 9.07 Å². The van der Waals surface area contributed by atoms with E-state index >= 15 is 0 Å². The smallest absolute Gasteiger partial charge is 0.233 e. The third kappa shape index (κ3) is 4.27. The number of carbonyl (C=O) groups is 1. The lowest BCUT2D eigenvalue weighted by molar-refractivity contribution is -0.120. The number of tetrazole rings is 1. The van der Waals surface area contributed by atoms with Crippen molar-refractivity contribution in [2.45, 2.75) is 43.8 Å². The molecule has 1 aromatic heterocycles. The Morgan fingerprint density at radius 2 is 2.00 bits per heavy atom. The predicted molar refractivity (Wildman–Crippen MR) is 81.8 cm³/mol. The van der Waals surface area contributed by atoms with E-state index in [4.69, 9.17) is 0 Å². The van der Waals surface area contributed by atoms with E-state index in [9.17, 15) is 9.18 Å². The van der Waals surface area contributed by atoms with Crippen LogP contribution in [0.3, 0.4) is 0 Å². The predicted octanol–water partition coefficient (Wildman–Crippen LogP) is 2.19. The second-order valence-electron chi connectivity index (χ2n) is 5.10. The fourth-order valence-electron chi connectivity index (χ4n) is 1.73. The van der Waals surface area contributed by atoms with Gasteiger partial charge in [0.2, 0.25) is 11.1 Å². The van der Waals surface area contributed by atoms with Crippen molar-refractivity contribution in [1.29, 1.82) is 0 Å². The van der Waals surface area contributed by atoms with Gasteiger partial charge in [0.25, 0.3) is 0 Å². The third-order valence-corrected chi connectivity index (χ3v) is 4.03. The number of amides is 1. The molecule has 1 heterocycles. The Balaban J connectivity index is 1.89. The minimum atomic E-state index is -0.330. The molecule has 2 rings (SSSR count). The van der Waals surface area contributed by atoms with Crippen LogP contribution in [0.2, 0.25) is 0 Å². The monoisotopic (exact) mass is 323 g/mol. The molecular formula is C14H18FN5OS. The van der Waals surface area contributed by atoms with Crippen molar-refractivity contribution < 1.29 is 9.18 Å². The number of aromatic nitrogens is 4. The number of rotatable bonds is 6. The van der Waals surface area contributed by atoms with Crippen LogP contribution >= 0.6 is 11.8 Å². The quantitative estimate of drug-likeness (QED) is 0.825. The van der Waals surface area contributed by atoms with Gasteiger partial charge in [0, 0.05) is 6.54 Å². The molecule has 1 unspecified atom stereocenters. The van der Waals surface area contributed by atoms with Crippen LogP contribution in [0.4, 0.5) is 4.39 Å². The van der Waals surface area contributed by atoms with Gasteiger partial charge in [-0.15, -0.1) is 5.10 Å². The highest BCUT2D eigenvalue weighted by molar-refractivity contribution is 8.00. The van der Waals surface area contributed by atoms with Gasteiger partial charge in [-0.05, 0) is 48.9 Å². The molecule has 8 heteroatoms. The molecule has 6 nitrogen and oxygen atoms in total. The van der Waals surface area contributed by atoms with Crippen molar-refractivity contribution in [3.8, 4) is 0 Å².